The van der Waals surface area contributed by atoms with Crippen LogP contribution in [0.1, 0.15) is 64.4 Å². The summed E-state index contributed by atoms with van der Waals surface area (Å²) in [6.45, 7) is 7.24. The predicted octanol–water partition coefficient (Wildman–Crippen LogP) is 5.51. The van der Waals surface area contributed by atoms with Crippen molar-refractivity contribution >= 4 is 0 Å². The van der Waals surface area contributed by atoms with E-state index in [0.29, 0.717) is 6.04 Å². The Morgan fingerprint density at radius 1 is 1.04 bits per heavy atom. The molecule has 0 aromatic heterocycles. The molecule has 0 bridgehead atoms. The van der Waals surface area contributed by atoms with Gasteiger partial charge in [-0.2, -0.15) is 0 Å². The zero-order valence-corrected chi connectivity index (χ0v) is 15.8. The van der Waals surface area contributed by atoms with Crippen molar-refractivity contribution in [1.82, 2.24) is 4.90 Å². The molecule has 134 valence electrons. The number of hydrogen-bond acceptors (Lipinski definition) is 2. The summed E-state index contributed by atoms with van der Waals surface area (Å²) >= 11 is 0. The van der Waals surface area contributed by atoms with Crippen molar-refractivity contribution in [2.75, 3.05) is 13.7 Å². The molecule has 0 amide bonds. The lowest BCUT2D eigenvalue weighted by Gasteiger charge is -2.47. The number of nitrogens with zero attached hydrogens (tertiary/aromatic N) is 1. The van der Waals surface area contributed by atoms with E-state index in [9.17, 15) is 0 Å². The lowest BCUT2D eigenvalue weighted by Crippen LogP contribution is -2.48. The Balaban J connectivity index is 1.64. The van der Waals surface area contributed by atoms with Crippen molar-refractivity contribution in [3.8, 4) is 5.75 Å². The van der Waals surface area contributed by atoms with Gasteiger partial charge < -0.3 is 4.74 Å². The van der Waals surface area contributed by atoms with E-state index in [4.69, 9.17) is 4.74 Å². The molecule has 2 nitrogen and oxygen atoms in total. The van der Waals surface area contributed by atoms with Crippen LogP contribution >= 0.6 is 0 Å². The summed E-state index contributed by atoms with van der Waals surface area (Å²) in [6, 6.07) is 9.33. The molecule has 2 aliphatic rings. The van der Waals surface area contributed by atoms with Crippen LogP contribution in [0.25, 0.3) is 0 Å². The fourth-order valence-electron chi connectivity index (χ4n) is 5.34. The zero-order chi connectivity index (χ0) is 16.9. The third kappa shape index (κ3) is 3.96. The molecule has 0 radical (unpaired) electrons. The number of likely N-dealkylation sites (tertiary alicyclic amines) is 1. The average molecular weight is 330 g/mol. The number of benzene rings is 1. The molecule has 1 aromatic carbocycles. The van der Waals surface area contributed by atoms with Crippen LogP contribution in [-0.2, 0) is 6.54 Å². The number of methoxy groups -OCH3 is 1. The van der Waals surface area contributed by atoms with E-state index in [1.807, 2.05) is 0 Å². The van der Waals surface area contributed by atoms with Crippen molar-refractivity contribution < 1.29 is 4.74 Å². The molecule has 0 N–H and O–H groups in total. The number of rotatable bonds is 5. The minimum Gasteiger partial charge on any atom is -0.497 e. The Bertz CT molecular complexity index is 491. The third-order valence-corrected chi connectivity index (χ3v) is 6.77. The first kappa shape index (κ1) is 17.8. The van der Waals surface area contributed by atoms with Crippen LogP contribution in [0.2, 0.25) is 0 Å². The van der Waals surface area contributed by atoms with Crippen molar-refractivity contribution in [2.24, 2.45) is 17.8 Å². The quantitative estimate of drug-likeness (QED) is 0.706. The van der Waals surface area contributed by atoms with Crippen LogP contribution in [0, 0.1) is 17.8 Å². The molecule has 1 aromatic rings. The minimum atomic E-state index is 0.706. The fraction of sp³-hybridized carbons (Fsp3) is 0.727. The van der Waals surface area contributed by atoms with Gasteiger partial charge in [-0.1, -0.05) is 57.6 Å². The standard InChI is InChI=1S/C22H35NO/c1-4-21-17(2)23(16-18-10-12-20(24-3)13-11-18)15-14-22(21)19-8-6-5-7-9-19/h10-13,17,19,21-22H,4-9,14-16H2,1-3H3/t17-,21+,22+/m1/s1. The molecule has 3 atom stereocenters. The van der Waals surface area contributed by atoms with E-state index in [-0.39, 0.29) is 0 Å². The number of ether oxygens (including phenoxy) is 1. The van der Waals surface area contributed by atoms with Gasteiger partial charge in [0.2, 0.25) is 0 Å². The van der Waals surface area contributed by atoms with E-state index in [2.05, 4.69) is 43.0 Å². The lowest BCUT2D eigenvalue weighted by atomic mass is 9.67. The summed E-state index contributed by atoms with van der Waals surface area (Å²) in [5.41, 5.74) is 1.41. The maximum Gasteiger partial charge on any atom is 0.118 e. The average Bonchev–Trinajstić information content (AvgIpc) is 2.64. The molecular formula is C22H35NO. The van der Waals surface area contributed by atoms with E-state index >= 15 is 0 Å². The van der Waals surface area contributed by atoms with Crippen LogP contribution in [0.5, 0.6) is 5.75 Å². The lowest BCUT2D eigenvalue weighted by molar-refractivity contribution is 0.0144. The summed E-state index contributed by atoms with van der Waals surface area (Å²) in [7, 11) is 1.74. The van der Waals surface area contributed by atoms with Gasteiger partial charge in [-0.15, -0.1) is 0 Å². The fourth-order valence-corrected chi connectivity index (χ4v) is 5.34. The molecule has 1 saturated heterocycles. The molecule has 1 aliphatic heterocycles. The summed E-state index contributed by atoms with van der Waals surface area (Å²) < 4.78 is 5.28. The van der Waals surface area contributed by atoms with Gasteiger partial charge in [0.15, 0.2) is 0 Å². The molecule has 0 spiro atoms. The van der Waals surface area contributed by atoms with Gasteiger partial charge in [0, 0.05) is 12.6 Å². The first-order valence-electron chi connectivity index (χ1n) is 10.1. The molecular weight excluding hydrogens is 294 g/mol. The van der Waals surface area contributed by atoms with Crippen LogP contribution in [-0.4, -0.2) is 24.6 Å². The highest BCUT2D eigenvalue weighted by atomic mass is 16.5. The first-order chi connectivity index (χ1) is 11.7. The second kappa shape index (κ2) is 8.38. The van der Waals surface area contributed by atoms with Crippen LogP contribution in [0.15, 0.2) is 24.3 Å². The normalized spacial score (nSPS) is 29.5. The Labute approximate surface area is 148 Å². The van der Waals surface area contributed by atoms with Crippen LogP contribution < -0.4 is 4.74 Å². The zero-order valence-electron chi connectivity index (χ0n) is 15.8. The Hall–Kier alpha value is -1.02. The van der Waals surface area contributed by atoms with Gasteiger partial charge in [-0.25, -0.2) is 0 Å². The molecule has 1 saturated carbocycles. The predicted molar refractivity (Wildman–Crippen MR) is 101 cm³/mol. The van der Waals surface area contributed by atoms with Crippen LogP contribution in [0.4, 0.5) is 0 Å². The molecule has 2 heteroatoms. The van der Waals surface area contributed by atoms with Crippen molar-refractivity contribution in [1.29, 1.82) is 0 Å². The highest BCUT2D eigenvalue weighted by molar-refractivity contribution is 5.27. The van der Waals surface area contributed by atoms with E-state index < -0.39 is 0 Å². The highest BCUT2D eigenvalue weighted by Gasteiger charge is 2.38. The van der Waals surface area contributed by atoms with Gasteiger partial charge in [-0.05, 0) is 55.3 Å². The molecule has 24 heavy (non-hydrogen) atoms. The van der Waals surface area contributed by atoms with Gasteiger partial charge in [-0.3, -0.25) is 4.90 Å². The second-order valence-electron chi connectivity index (χ2n) is 7.98. The van der Waals surface area contributed by atoms with Crippen molar-refractivity contribution in [2.45, 2.75) is 71.4 Å². The molecule has 0 unspecified atom stereocenters. The molecule has 1 aliphatic carbocycles. The Kier molecular flexibility index (Phi) is 6.21. The van der Waals surface area contributed by atoms with E-state index in [1.165, 1.54) is 57.1 Å². The first-order valence-corrected chi connectivity index (χ1v) is 10.1. The SMILES string of the molecule is CC[C@H]1[C@@H](C)N(Cc2ccc(OC)cc2)CC[C@H]1C1CCCCC1. The topological polar surface area (TPSA) is 12.5 Å². The van der Waals surface area contributed by atoms with E-state index in [0.717, 1.165) is 30.0 Å². The monoisotopic (exact) mass is 329 g/mol. The summed E-state index contributed by atoms with van der Waals surface area (Å²) in [4.78, 5) is 2.72. The third-order valence-electron chi connectivity index (χ3n) is 6.77. The van der Waals surface area contributed by atoms with Gasteiger partial charge in [0.05, 0.1) is 7.11 Å². The van der Waals surface area contributed by atoms with Crippen LogP contribution in [0.3, 0.4) is 0 Å². The van der Waals surface area contributed by atoms with Crippen molar-refractivity contribution in [3.63, 3.8) is 0 Å². The molecule has 3 rings (SSSR count). The largest absolute Gasteiger partial charge is 0.497 e. The molecule has 2 fully saturated rings. The van der Waals surface area contributed by atoms with Crippen molar-refractivity contribution in [3.05, 3.63) is 29.8 Å². The van der Waals surface area contributed by atoms with Gasteiger partial charge >= 0.3 is 0 Å². The summed E-state index contributed by atoms with van der Waals surface area (Å²) in [5.74, 6) is 3.81. The Morgan fingerprint density at radius 2 is 1.75 bits per heavy atom. The maximum atomic E-state index is 5.28. The maximum absolute atomic E-state index is 5.28. The molecule has 1 heterocycles. The second-order valence-corrected chi connectivity index (χ2v) is 7.98. The summed E-state index contributed by atoms with van der Waals surface area (Å²) in [5, 5.41) is 0. The Morgan fingerprint density at radius 3 is 2.38 bits per heavy atom. The van der Waals surface area contributed by atoms with Gasteiger partial charge in [0.25, 0.3) is 0 Å². The number of hydrogen-bond donors (Lipinski definition) is 0. The van der Waals surface area contributed by atoms with Gasteiger partial charge in [0.1, 0.15) is 5.75 Å². The minimum absolute atomic E-state index is 0.706. The number of piperidine rings is 1. The smallest absolute Gasteiger partial charge is 0.118 e. The highest BCUT2D eigenvalue weighted by Crippen LogP contribution is 2.42. The van der Waals surface area contributed by atoms with E-state index in [1.54, 1.807) is 7.11 Å². The summed E-state index contributed by atoms with van der Waals surface area (Å²) in [6.07, 6.45) is 10.1.